The Bertz CT molecular complexity index is 552. The normalized spacial score (nSPS) is 17.0. The Labute approximate surface area is 141 Å². The number of hydrogen-bond donors (Lipinski definition) is 2. The maximum atomic E-state index is 12.3. The highest BCUT2D eigenvalue weighted by Gasteiger charge is 2.20. The first-order chi connectivity index (χ1) is 11.4. The van der Waals surface area contributed by atoms with Crippen LogP contribution in [0.25, 0.3) is 0 Å². The molecule has 0 unspecified atom stereocenters. The molecule has 1 atom stereocenters. The first kappa shape index (κ1) is 18.4. The number of carboxylic acid groups (broad SMARTS) is 1. The van der Waals surface area contributed by atoms with E-state index in [1.807, 2.05) is 19.0 Å². The number of amides is 1. The largest absolute Gasteiger partial charge is 0.481 e. The lowest BCUT2D eigenvalue weighted by molar-refractivity contribution is -0.137. The van der Waals surface area contributed by atoms with Crippen LogP contribution < -0.4 is 5.32 Å². The molecule has 1 fully saturated rings. The average Bonchev–Trinajstić information content (AvgIpc) is 2.95. The van der Waals surface area contributed by atoms with Gasteiger partial charge in [-0.3, -0.25) is 14.5 Å². The number of aliphatic carboxylic acids is 1. The number of likely N-dealkylation sites (N-methyl/N-ethyl adjacent to an activating group) is 1. The smallest absolute Gasteiger partial charge is 0.305 e. The zero-order chi connectivity index (χ0) is 17.5. The topological polar surface area (TPSA) is 95.3 Å². The summed E-state index contributed by atoms with van der Waals surface area (Å²) in [5.74, 6) is -0.428. The third-order valence-electron chi connectivity index (χ3n) is 3.71. The third-order valence-corrected chi connectivity index (χ3v) is 3.71. The van der Waals surface area contributed by atoms with E-state index in [9.17, 15) is 9.59 Å². The number of carbonyl (C=O) groups excluding carboxylic acids is 1. The van der Waals surface area contributed by atoms with E-state index >= 15 is 0 Å². The van der Waals surface area contributed by atoms with E-state index in [2.05, 4.69) is 10.2 Å². The molecule has 1 aliphatic rings. The van der Waals surface area contributed by atoms with Gasteiger partial charge in [-0.1, -0.05) is 0 Å². The van der Waals surface area contributed by atoms with E-state index < -0.39 is 17.9 Å². The number of hydrogen-bond acceptors (Lipinski definition) is 6. The van der Waals surface area contributed by atoms with Crippen LogP contribution in [0.3, 0.4) is 0 Å². The number of ether oxygens (including phenoxy) is 1. The summed E-state index contributed by atoms with van der Waals surface area (Å²) >= 11 is 0. The van der Waals surface area contributed by atoms with Gasteiger partial charge in [0, 0.05) is 19.6 Å². The first-order valence-corrected chi connectivity index (χ1v) is 8.00. The molecule has 0 aliphatic carbocycles. The Morgan fingerprint density at radius 2 is 2.04 bits per heavy atom. The number of rotatable bonds is 8. The summed E-state index contributed by atoms with van der Waals surface area (Å²) in [4.78, 5) is 27.2. The van der Waals surface area contributed by atoms with Gasteiger partial charge >= 0.3 is 5.97 Å². The molecule has 1 aromatic rings. The summed E-state index contributed by atoms with van der Waals surface area (Å²) in [7, 11) is 3.66. The lowest BCUT2D eigenvalue weighted by atomic mass is 10.2. The Morgan fingerprint density at radius 1 is 1.33 bits per heavy atom. The molecule has 8 heteroatoms. The van der Waals surface area contributed by atoms with Crippen molar-refractivity contribution >= 4 is 11.9 Å². The van der Waals surface area contributed by atoms with Crippen LogP contribution in [0.5, 0.6) is 0 Å². The van der Waals surface area contributed by atoms with Crippen LogP contribution in [-0.2, 0) is 16.1 Å². The van der Waals surface area contributed by atoms with Crippen molar-refractivity contribution in [2.24, 2.45) is 0 Å². The maximum Gasteiger partial charge on any atom is 0.305 e. The average molecular weight is 339 g/mol. The van der Waals surface area contributed by atoms with E-state index in [0.29, 0.717) is 32.1 Å². The van der Waals surface area contributed by atoms with E-state index in [-0.39, 0.29) is 12.2 Å². The Kier molecular flexibility index (Phi) is 6.77. The Morgan fingerprint density at radius 3 is 2.67 bits per heavy atom. The van der Waals surface area contributed by atoms with Crippen LogP contribution >= 0.6 is 0 Å². The van der Waals surface area contributed by atoms with E-state index in [0.717, 1.165) is 13.1 Å². The summed E-state index contributed by atoms with van der Waals surface area (Å²) in [5, 5.41) is 11.7. The monoisotopic (exact) mass is 339 g/mol. The van der Waals surface area contributed by atoms with Crippen molar-refractivity contribution in [1.82, 2.24) is 15.1 Å². The summed E-state index contributed by atoms with van der Waals surface area (Å²) in [6, 6.07) is 2.93. The minimum Gasteiger partial charge on any atom is -0.481 e. The predicted octanol–water partition coefficient (Wildman–Crippen LogP) is 0.247. The van der Waals surface area contributed by atoms with E-state index in [1.165, 1.54) is 0 Å². The molecule has 1 saturated heterocycles. The van der Waals surface area contributed by atoms with Crippen molar-refractivity contribution in [3.05, 3.63) is 23.7 Å². The SMILES string of the molecule is CN(C)C[C@@H](CC(=O)O)NC(=O)c1ccc(CN2CCOCC2)o1. The van der Waals surface area contributed by atoms with Crippen LogP contribution in [0.15, 0.2) is 16.5 Å². The minimum atomic E-state index is -0.949. The third kappa shape index (κ3) is 5.95. The molecule has 24 heavy (non-hydrogen) atoms. The number of nitrogens with zero attached hydrogens (tertiary/aromatic N) is 2. The number of nitrogens with one attached hydrogen (secondary N) is 1. The highest BCUT2D eigenvalue weighted by Crippen LogP contribution is 2.12. The fraction of sp³-hybridized carbons (Fsp3) is 0.625. The molecule has 2 heterocycles. The van der Waals surface area contributed by atoms with Gasteiger partial charge in [-0.15, -0.1) is 0 Å². The molecule has 1 amide bonds. The lowest BCUT2D eigenvalue weighted by Crippen LogP contribution is -2.43. The van der Waals surface area contributed by atoms with Crippen LogP contribution in [0.1, 0.15) is 22.7 Å². The van der Waals surface area contributed by atoms with Gasteiger partial charge in [-0.05, 0) is 26.2 Å². The molecule has 0 bridgehead atoms. The molecule has 2 rings (SSSR count). The Hall–Kier alpha value is -1.90. The zero-order valence-electron chi connectivity index (χ0n) is 14.2. The number of carboxylic acids is 1. The van der Waals surface area contributed by atoms with E-state index in [1.54, 1.807) is 12.1 Å². The maximum absolute atomic E-state index is 12.3. The molecule has 1 aliphatic heterocycles. The lowest BCUT2D eigenvalue weighted by Gasteiger charge is -2.25. The molecule has 1 aromatic heterocycles. The Balaban J connectivity index is 1.91. The van der Waals surface area contributed by atoms with Crippen LogP contribution in [0, 0.1) is 0 Å². The summed E-state index contributed by atoms with van der Waals surface area (Å²) < 4.78 is 10.9. The van der Waals surface area contributed by atoms with Crippen LogP contribution in [-0.4, -0.2) is 79.8 Å². The number of morpholine rings is 1. The summed E-state index contributed by atoms with van der Waals surface area (Å²) in [5.41, 5.74) is 0. The molecule has 0 radical (unpaired) electrons. The standard InChI is InChI=1S/C16H25N3O5/c1-18(2)10-12(9-15(20)21)17-16(22)14-4-3-13(24-14)11-19-5-7-23-8-6-19/h3-4,12H,5-11H2,1-2H3,(H,17,22)(H,20,21)/t12-/m1/s1. The van der Waals surface area contributed by atoms with Gasteiger partial charge in [0.15, 0.2) is 5.76 Å². The van der Waals surface area contributed by atoms with Crippen LogP contribution in [0.4, 0.5) is 0 Å². The van der Waals surface area contributed by atoms with Crippen molar-refractivity contribution in [1.29, 1.82) is 0 Å². The number of furan rings is 1. The van der Waals surface area contributed by atoms with Crippen molar-refractivity contribution < 1.29 is 23.8 Å². The van der Waals surface area contributed by atoms with Gasteiger partial charge in [0.05, 0.1) is 32.2 Å². The highest BCUT2D eigenvalue weighted by molar-refractivity contribution is 5.92. The van der Waals surface area contributed by atoms with Crippen LogP contribution in [0.2, 0.25) is 0 Å². The first-order valence-electron chi connectivity index (χ1n) is 8.00. The second-order valence-corrected chi connectivity index (χ2v) is 6.18. The van der Waals surface area contributed by atoms with Crippen molar-refractivity contribution in [3.8, 4) is 0 Å². The number of carbonyl (C=O) groups is 2. The van der Waals surface area contributed by atoms with E-state index in [4.69, 9.17) is 14.3 Å². The summed E-state index contributed by atoms with van der Waals surface area (Å²) in [6.45, 7) is 4.16. The van der Waals surface area contributed by atoms with Gasteiger partial charge < -0.3 is 24.5 Å². The fourth-order valence-corrected chi connectivity index (χ4v) is 2.63. The quantitative estimate of drug-likeness (QED) is 0.701. The summed E-state index contributed by atoms with van der Waals surface area (Å²) in [6.07, 6.45) is -0.134. The second kappa shape index (κ2) is 8.81. The minimum absolute atomic E-state index is 0.134. The van der Waals surface area contributed by atoms with Gasteiger partial charge in [0.2, 0.25) is 0 Å². The molecule has 0 aromatic carbocycles. The molecular weight excluding hydrogens is 314 g/mol. The molecule has 0 saturated carbocycles. The molecular formula is C16H25N3O5. The van der Waals surface area contributed by atoms with Crippen molar-refractivity contribution in [2.45, 2.75) is 19.0 Å². The fourth-order valence-electron chi connectivity index (χ4n) is 2.63. The highest BCUT2D eigenvalue weighted by atomic mass is 16.5. The van der Waals surface area contributed by atoms with Gasteiger partial charge in [0.25, 0.3) is 5.91 Å². The predicted molar refractivity (Wildman–Crippen MR) is 86.9 cm³/mol. The molecule has 8 nitrogen and oxygen atoms in total. The second-order valence-electron chi connectivity index (χ2n) is 6.18. The molecule has 0 spiro atoms. The van der Waals surface area contributed by atoms with Crippen molar-refractivity contribution in [2.75, 3.05) is 46.9 Å². The molecule has 2 N–H and O–H groups in total. The van der Waals surface area contributed by atoms with Gasteiger partial charge in [-0.2, -0.15) is 0 Å². The zero-order valence-corrected chi connectivity index (χ0v) is 14.2. The van der Waals surface area contributed by atoms with Crippen molar-refractivity contribution in [3.63, 3.8) is 0 Å². The molecule has 134 valence electrons. The van der Waals surface area contributed by atoms with Gasteiger partial charge in [-0.25, -0.2) is 0 Å². The van der Waals surface area contributed by atoms with Gasteiger partial charge in [0.1, 0.15) is 5.76 Å².